The van der Waals surface area contributed by atoms with Crippen LogP contribution in [0, 0.1) is 5.92 Å². The van der Waals surface area contributed by atoms with E-state index in [1.807, 2.05) is 6.08 Å². The molecule has 0 bridgehead atoms. The zero-order valence-corrected chi connectivity index (χ0v) is 16.0. The largest absolute Gasteiger partial charge is 0.353 e. The predicted octanol–water partition coefficient (Wildman–Crippen LogP) is 1.25. The molecular formula is C18H33N7. The summed E-state index contributed by atoms with van der Waals surface area (Å²) in [6, 6.07) is 0. The molecule has 0 atom stereocenters. The fraction of sp³-hybridized carbons (Fsp3) is 0.722. The molecule has 1 saturated heterocycles. The maximum Gasteiger partial charge on any atom is 0.194 e. The van der Waals surface area contributed by atoms with Crippen molar-refractivity contribution in [1.29, 1.82) is 0 Å². The van der Waals surface area contributed by atoms with E-state index >= 15 is 0 Å². The van der Waals surface area contributed by atoms with E-state index < -0.39 is 0 Å². The number of aliphatic imine (C=N–C) groups is 1. The summed E-state index contributed by atoms with van der Waals surface area (Å²) >= 11 is 0. The van der Waals surface area contributed by atoms with E-state index in [2.05, 4.69) is 57.2 Å². The monoisotopic (exact) mass is 347 g/mol. The van der Waals surface area contributed by atoms with E-state index in [1.54, 1.807) is 6.33 Å². The summed E-state index contributed by atoms with van der Waals surface area (Å²) in [7, 11) is 0. The Kier molecular flexibility index (Phi) is 7.91. The Labute approximate surface area is 151 Å². The second-order valence-electron chi connectivity index (χ2n) is 6.85. The summed E-state index contributed by atoms with van der Waals surface area (Å²) in [6.45, 7) is 18.1. The van der Waals surface area contributed by atoms with Gasteiger partial charge >= 0.3 is 0 Å². The number of piperazine rings is 1. The molecule has 0 unspecified atom stereocenters. The van der Waals surface area contributed by atoms with Crippen molar-refractivity contribution in [1.82, 2.24) is 29.9 Å². The molecule has 2 heterocycles. The molecule has 25 heavy (non-hydrogen) atoms. The quantitative estimate of drug-likeness (QED) is 0.436. The Hall–Kier alpha value is -1.89. The van der Waals surface area contributed by atoms with Crippen LogP contribution >= 0.6 is 0 Å². The minimum Gasteiger partial charge on any atom is -0.353 e. The highest BCUT2D eigenvalue weighted by molar-refractivity contribution is 5.80. The fourth-order valence-electron chi connectivity index (χ4n) is 3.09. The van der Waals surface area contributed by atoms with Gasteiger partial charge < -0.3 is 14.8 Å². The third kappa shape index (κ3) is 6.16. The van der Waals surface area contributed by atoms with Gasteiger partial charge in [-0.05, 0) is 5.92 Å². The smallest absolute Gasteiger partial charge is 0.194 e. The zero-order chi connectivity index (χ0) is 18.1. The van der Waals surface area contributed by atoms with Crippen molar-refractivity contribution in [2.45, 2.75) is 33.7 Å². The van der Waals surface area contributed by atoms with Gasteiger partial charge in [0.25, 0.3) is 0 Å². The van der Waals surface area contributed by atoms with Gasteiger partial charge in [0.15, 0.2) is 5.96 Å². The van der Waals surface area contributed by atoms with Crippen LogP contribution in [-0.4, -0.2) is 76.3 Å². The van der Waals surface area contributed by atoms with Crippen LogP contribution in [0.2, 0.25) is 0 Å². The number of nitrogens with zero attached hydrogens (tertiary/aromatic N) is 6. The lowest BCUT2D eigenvalue weighted by Crippen LogP contribution is -2.53. The van der Waals surface area contributed by atoms with Crippen LogP contribution in [0.25, 0.3) is 0 Å². The molecule has 0 spiro atoms. The van der Waals surface area contributed by atoms with Crippen LogP contribution < -0.4 is 5.32 Å². The van der Waals surface area contributed by atoms with Crippen molar-refractivity contribution in [2.24, 2.45) is 10.9 Å². The van der Waals surface area contributed by atoms with Gasteiger partial charge in [-0.15, -0.1) is 16.8 Å². The van der Waals surface area contributed by atoms with E-state index in [0.717, 1.165) is 69.9 Å². The number of nitrogens with one attached hydrogen (secondary N) is 1. The molecule has 0 saturated carbocycles. The maximum atomic E-state index is 4.81. The van der Waals surface area contributed by atoms with Gasteiger partial charge in [0, 0.05) is 52.2 Å². The van der Waals surface area contributed by atoms with Crippen LogP contribution in [0.3, 0.4) is 0 Å². The third-order valence-electron chi connectivity index (χ3n) is 4.31. The third-order valence-corrected chi connectivity index (χ3v) is 4.31. The SMILES string of the molecule is C=CCNC(=NCCn1cnnc1CC)N1CCN(CC(C)C)CC1. The molecule has 140 valence electrons. The summed E-state index contributed by atoms with van der Waals surface area (Å²) in [5.41, 5.74) is 0. The Bertz CT molecular complexity index is 541. The molecule has 1 aliphatic heterocycles. The Balaban J connectivity index is 1.90. The number of aromatic nitrogens is 3. The lowest BCUT2D eigenvalue weighted by molar-refractivity contribution is 0.164. The van der Waals surface area contributed by atoms with Crippen LogP contribution in [-0.2, 0) is 13.0 Å². The van der Waals surface area contributed by atoms with Gasteiger partial charge in [0.1, 0.15) is 12.2 Å². The van der Waals surface area contributed by atoms with Gasteiger partial charge in [-0.3, -0.25) is 9.89 Å². The molecule has 1 fully saturated rings. The molecule has 0 aromatic carbocycles. The van der Waals surface area contributed by atoms with Crippen molar-refractivity contribution >= 4 is 5.96 Å². The average Bonchev–Trinajstić information content (AvgIpc) is 3.06. The highest BCUT2D eigenvalue weighted by Crippen LogP contribution is 2.06. The van der Waals surface area contributed by atoms with E-state index in [9.17, 15) is 0 Å². The average molecular weight is 348 g/mol. The van der Waals surface area contributed by atoms with E-state index in [1.165, 1.54) is 6.54 Å². The fourth-order valence-corrected chi connectivity index (χ4v) is 3.09. The van der Waals surface area contributed by atoms with Crippen LogP contribution in [0.15, 0.2) is 24.0 Å². The molecule has 1 N–H and O–H groups in total. The van der Waals surface area contributed by atoms with Gasteiger partial charge in [-0.2, -0.15) is 0 Å². The summed E-state index contributed by atoms with van der Waals surface area (Å²) in [6.07, 6.45) is 4.55. The summed E-state index contributed by atoms with van der Waals surface area (Å²) < 4.78 is 2.08. The Morgan fingerprint density at radius 3 is 2.76 bits per heavy atom. The molecular weight excluding hydrogens is 314 g/mol. The number of hydrogen-bond acceptors (Lipinski definition) is 4. The minimum absolute atomic E-state index is 0.718. The number of guanidine groups is 1. The highest BCUT2D eigenvalue weighted by Gasteiger charge is 2.19. The van der Waals surface area contributed by atoms with Crippen LogP contribution in [0.5, 0.6) is 0 Å². The molecule has 1 aliphatic rings. The van der Waals surface area contributed by atoms with Crippen molar-refractivity contribution in [3.05, 3.63) is 24.8 Å². The van der Waals surface area contributed by atoms with E-state index in [-0.39, 0.29) is 0 Å². The highest BCUT2D eigenvalue weighted by atomic mass is 15.3. The number of hydrogen-bond donors (Lipinski definition) is 1. The molecule has 0 amide bonds. The Morgan fingerprint density at radius 2 is 2.12 bits per heavy atom. The van der Waals surface area contributed by atoms with Crippen molar-refractivity contribution in [3.8, 4) is 0 Å². The molecule has 1 aromatic heterocycles. The second kappa shape index (κ2) is 10.2. The first kappa shape index (κ1) is 19.4. The maximum absolute atomic E-state index is 4.81. The second-order valence-corrected chi connectivity index (χ2v) is 6.85. The lowest BCUT2D eigenvalue weighted by Gasteiger charge is -2.37. The summed E-state index contributed by atoms with van der Waals surface area (Å²) in [5.74, 6) is 2.71. The molecule has 7 heteroatoms. The van der Waals surface area contributed by atoms with Gasteiger partial charge in [-0.25, -0.2) is 0 Å². The predicted molar refractivity (Wildman–Crippen MR) is 103 cm³/mol. The zero-order valence-electron chi connectivity index (χ0n) is 16.0. The first-order valence-corrected chi connectivity index (χ1v) is 9.37. The summed E-state index contributed by atoms with van der Waals surface area (Å²) in [5, 5.41) is 11.5. The van der Waals surface area contributed by atoms with Gasteiger partial charge in [-0.1, -0.05) is 26.8 Å². The molecule has 1 aromatic rings. The van der Waals surface area contributed by atoms with Crippen LogP contribution in [0.4, 0.5) is 0 Å². The molecule has 7 nitrogen and oxygen atoms in total. The Morgan fingerprint density at radius 1 is 1.36 bits per heavy atom. The van der Waals surface area contributed by atoms with Crippen molar-refractivity contribution in [2.75, 3.05) is 45.8 Å². The molecule has 0 radical (unpaired) electrons. The van der Waals surface area contributed by atoms with Gasteiger partial charge in [0.05, 0.1) is 6.54 Å². The first-order chi connectivity index (χ1) is 12.1. The van der Waals surface area contributed by atoms with E-state index in [0.29, 0.717) is 0 Å². The lowest BCUT2D eigenvalue weighted by atomic mass is 10.2. The normalized spacial score (nSPS) is 16.5. The minimum atomic E-state index is 0.718. The van der Waals surface area contributed by atoms with Gasteiger partial charge in [0.2, 0.25) is 0 Å². The van der Waals surface area contributed by atoms with Crippen LogP contribution in [0.1, 0.15) is 26.6 Å². The number of aryl methyl sites for hydroxylation is 1. The van der Waals surface area contributed by atoms with E-state index in [4.69, 9.17) is 4.99 Å². The standard InChI is InChI=1S/C18H33N7/c1-5-7-19-18(20-8-9-25-15-21-22-17(25)6-2)24-12-10-23(11-13-24)14-16(3)4/h5,15-16H,1,6-14H2,2-4H3,(H,19,20). The topological polar surface area (TPSA) is 61.6 Å². The molecule has 2 rings (SSSR count). The number of rotatable bonds is 8. The first-order valence-electron chi connectivity index (χ1n) is 9.37. The summed E-state index contributed by atoms with van der Waals surface area (Å²) in [4.78, 5) is 9.70. The molecule has 0 aliphatic carbocycles. The van der Waals surface area contributed by atoms with Crippen molar-refractivity contribution < 1.29 is 0 Å². The van der Waals surface area contributed by atoms with Crippen molar-refractivity contribution in [3.63, 3.8) is 0 Å².